The third kappa shape index (κ3) is 6.35. The molecule has 0 radical (unpaired) electrons. The molecule has 37 heavy (non-hydrogen) atoms. The molecule has 9 heteroatoms. The molecule has 3 aromatic carbocycles. The number of nitrogens with one attached hydrogen (secondary N) is 1. The third-order valence-corrected chi connectivity index (χ3v) is 8.07. The second kappa shape index (κ2) is 11.6. The van der Waals surface area contributed by atoms with Crippen molar-refractivity contribution in [3.63, 3.8) is 0 Å². The average molecular weight is 525 g/mol. The molecule has 0 saturated heterocycles. The fourth-order valence-electron chi connectivity index (χ4n) is 4.28. The van der Waals surface area contributed by atoms with Gasteiger partial charge in [0.15, 0.2) is 11.5 Å². The Bertz CT molecular complexity index is 1320. The number of ether oxygens (including phenoxy) is 3. The van der Waals surface area contributed by atoms with Crippen molar-refractivity contribution >= 4 is 27.3 Å². The van der Waals surface area contributed by atoms with Crippen LogP contribution in [0.25, 0.3) is 0 Å². The van der Waals surface area contributed by atoms with E-state index in [-0.39, 0.29) is 16.7 Å². The van der Waals surface area contributed by atoms with Gasteiger partial charge in [-0.3, -0.25) is 9.10 Å². The summed E-state index contributed by atoms with van der Waals surface area (Å²) in [6.45, 7) is 1.49. The van der Waals surface area contributed by atoms with Gasteiger partial charge in [0.1, 0.15) is 12.3 Å². The summed E-state index contributed by atoms with van der Waals surface area (Å²) < 4.78 is 45.0. The van der Waals surface area contributed by atoms with E-state index in [1.807, 2.05) is 19.1 Å². The molecule has 0 aromatic heterocycles. The Balaban J connectivity index is 1.55. The molecule has 1 amide bonds. The zero-order valence-electron chi connectivity index (χ0n) is 21.3. The Kier molecular flexibility index (Phi) is 8.23. The highest BCUT2D eigenvalue weighted by atomic mass is 32.2. The predicted molar refractivity (Wildman–Crippen MR) is 143 cm³/mol. The maximum Gasteiger partial charge on any atom is 0.264 e. The Labute approximate surface area is 218 Å². The van der Waals surface area contributed by atoms with Crippen molar-refractivity contribution in [2.45, 2.75) is 43.6 Å². The summed E-state index contributed by atoms with van der Waals surface area (Å²) in [5.41, 5.74) is 1.89. The molecule has 0 aliphatic heterocycles. The highest BCUT2D eigenvalue weighted by Gasteiger charge is 2.28. The molecule has 1 N–H and O–H groups in total. The van der Waals surface area contributed by atoms with E-state index in [1.54, 1.807) is 36.4 Å². The maximum absolute atomic E-state index is 13.7. The van der Waals surface area contributed by atoms with Crippen molar-refractivity contribution in [2.75, 3.05) is 30.4 Å². The van der Waals surface area contributed by atoms with Crippen LogP contribution in [-0.4, -0.2) is 41.2 Å². The van der Waals surface area contributed by atoms with Crippen LogP contribution in [0.5, 0.6) is 17.2 Å². The molecule has 1 aliphatic carbocycles. The summed E-state index contributed by atoms with van der Waals surface area (Å²) in [5, 5.41) is 2.79. The van der Waals surface area contributed by atoms with Crippen molar-refractivity contribution in [3.8, 4) is 17.2 Å². The van der Waals surface area contributed by atoms with Gasteiger partial charge in [0.25, 0.3) is 10.0 Å². The van der Waals surface area contributed by atoms with E-state index < -0.39 is 22.5 Å². The van der Waals surface area contributed by atoms with Gasteiger partial charge in [0.2, 0.25) is 5.91 Å². The van der Waals surface area contributed by atoms with E-state index in [0.29, 0.717) is 17.1 Å². The summed E-state index contributed by atoms with van der Waals surface area (Å²) in [6, 6.07) is 18.4. The standard InChI is InChI=1S/C28H32N2O6S/c1-20-8-12-22(13-9-20)30(37(32,33)25-16-17-26(34-2)27(18-25)35-3)19-28(31)29-21-10-14-24(15-11-21)36-23-6-4-5-7-23/h8-18,23H,4-7,19H2,1-3H3,(H,29,31). The monoisotopic (exact) mass is 524 g/mol. The lowest BCUT2D eigenvalue weighted by Gasteiger charge is -2.24. The Morgan fingerprint density at radius 2 is 1.57 bits per heavy atom. The number of nitrogens with zero attached hydrogens (tertiary/aromatic N) is 1. The van der Waals surface area contributed by atoms with E-state index in [9.17, 15) is 13.2 Å². The van der Waals surface area contributed by atoms with Gasteiger partial charge in [-0.05, 0) is 81.1 Å². The molecule has 4 rings (SSSR count). The Morgan fingerprint density at radius 1 is 0.919 bits per heavy atom. The molecular formula is C28H32N2O6S. The second-order valence-electron chi connectivity index (χ2n) is 8.96. The quantitative estimate of drug-likeness (QED) is 0.393. The Morgan fingerprint density at radius 3 is 2.19 bits per heavy atom. The van der Waals surface area contributed by atoms with Crippen molar-refractivity contribution in [2.24, 2.45) is 0 Å². The zero-order chi connectivity index (χ0) is 26.4. The van der Waals surface area contributed by atoms with Gasteiger partial charge in [0.05, 0.1) is 30.9 Å². The highest BCUT2D eigenvalue weighted by molar-refractivity contribution is 7.92. The highest BCUT2D eigenvalue weighted by Crippen LogP contribution is 2.32. The average Bonchev–Trinajstić information content (AvgIpc) is 3.41. The minimum Gasteiger partial charge on any atom is -0.493 e. The summed E-state index contributed by atoms with van der Waals surface area (Å²) in [6.07, 6.45) is 4.72. The molecule has 3 aromatic rings. The van der Waals surface area contributed by atoms with Crippen LogP contribution in [-0.2, 0) is 14.8 Å². The molecular weight excluding hydrogens is 492 g/mol. The zero-order valence-corrected chi connectivity index (χ0v) is 22.1. The van der Waals surface area contributed by atoms with Crippen LogP contribution < -0.4 is 23.8 Å². The number of carbonyl (C=O) groups is 1. The number of carbonyl (C=O) groups excluding carboxylic acids is 1. The van der Waals surface area contributed by atoms with E-state index in [2.05, 4.69) is 5.32 Å². The molecule has 0 unspecified atom stereocenters. The van der Waals surface area contributed by atoms with Crippen LogP contribution in [0.1, 0.15) is 31.2 Å². The number of methoxy groups -OCH3 is 2. The fraction of sp³-hybridized carbons (Fsp3) is 0.321. The van der Waals surface area contributed by atoms with Gasteiger partial charge in [-0.1, -0.05) is 17.7 Å². The summed E-state index contributed by atoms with van der Waals surface area (Å²) >= 11 is 0. The topological polar surface area (TPSA) is 94.2 Å². The number of rotatable bonds is 10. The van der Waals surface area contributed by atoms with E-state index in [0.717, 1.165) is 28.5 Å². The predicted octanol–water partition coefficient (Wildman–Crippen LogP) is 5.17. The normalized spacial score (nSPS) is 13.7. The summed E-state index contributed by atoms with van der Waals surface area (Å²) in [5.74, 6) is 0.953. The van der Waals surface area contributed by atoms with Gasteiger partial charge in [0, 0.05) is 11.8 Å². The molecule has 8 nitrogen and oxygen atoms in total. The molecule has 1 saturated carbocycles. The van der Waals surface area contributed by atoms with Gasteiger partial charge in [-0.25, -0.2) is 8.42 Å². The number of aryl methyl sites for hydroxylation is 1. The lowest BCUT2D eigenvalue weighted by atomic mass is 10.2. The van der Waals surface area contributed by atoms with E-state index >= 15 is 0 Å². The SMILES string of the molecule is COc1ccc(S(=O)(=O)N(CC(=O)Nc2ccc(OC3CCCC3)cc2)c2ccc(C)cc2)cc1OC. The first-order valence-electron chi connectivity index (χ1n) is 12.2. The molecule has 0 atom stereocenters. The molecule has 1 aliphatic rings. The van der Waals surface area contributed by atoms with Crippen molar-refractivity contribution in [3.05, 3.63) is 72.3 Å². The van der Waals surface area contributed by atoms with Gasteiger partial charge >= 0.3 is 0 Å². The van der Waals surface area contributed by atoms with Crippen LogP contribution in [0, 0.1) is 6.92 Å². The largest absolute Gasteiger partial charge is 0.493 e. The molecule has 196 valence electrons. The first kappa shape index (κ1) is 26.3. The minimum atomic E-state index is -4.12. The Hall–Kier alpha value is -3.72. The number of hydrogen-bond donors (Lipinski definition) is 1. The summed E-state index contributed by atoms with van der Waals surface area (Å²) in [7, 11) is -1.21. The smallest absolute Gasteiger partial charge is 0.264 e. The number of anilines is 2. The number of amides is 1. The molecule has 1 fully saturated rings. The third-order valence-electron chi connectivity index (χ3n) is 6.30. The van der Waals surface area contributed by atoms with E-state index in [4.69, 9.17) is 14.2 Å². The number of hydrogen-bond acceptors (Lipinski definition) is 6. The lowest BCUT2D eigenvalue weighted by Crippen LogP contribution is -2.38. The van der Waals surface area contributed by atoms with Gasteiger partial charge in [-0.2, -0.15) is 0 Å². The van der Waals surface area contributed by atoms with Crippen LogP contribution in [0.2, 0.25) is 0 Å². The molecule has 0 heterocycles. The molecule has 0 bridgehead atoms. The maximum atomic E-state index is 13.7. The van der Waals surface area contributed by atoms with Crippen LogP contribution in [0.15, 0.2) is 71.6 Å². The van der Waals surface area contributed by atoms with Crippen LogP contribution in [0.4, 0.5) is 11.4 Å². The molecule has 0 spiro atoms. The van der Waals surface area contributed by atoms with Gasteiger partial charge in [-0.15, -0.1) is 0 Å². The van der Waals surface area contributed by atoms with Crippen LogP contribution in [0.3, 0.4) is 0 Å². The van der Waals surface area contributed by atoms with E-state index in [1.165, 1.54) is 45.3 Å². The van der Waals surface area contributed by atoms with Crippen molar-refractivity contribution in [1.29, 1.82) is 0 Å². The number of sulfonamides is 1. The van der Waals surface area contributed by atoms with Crippen molar-refractivity contribution < 1.29 is 27.4 Å². The first-order chi connectivity index (χ1) is 17.8. The van der Waals surface area contributed by atoms with Crippen LogP contribution >= 0.6 is 0 Å². The second-order valence-corrected chi connectivity index (χ2v) is 10.8. The van der Waals surface area contributed by atoms with Crippen molar-refractivity contribution in [1.82, 2.24) is 0 Å². The summed E-state index contributed by atoms with van der Waals surface area (Å²) in [4.78, 5) is 13.0. The minimum absolute atomic E-state index is 0.0214. The first-order valence-corrected chi connectivity index (χ1v) is 13.6. The number of benzene rings is 3. The van der Waals surface area contributed by atoms with Gasteiger partial charge < -0.3 is 19.5 Å². The lowest BCUT2D eigenvalue weighted by molar-refractivity contribution is -0.114. The fourth-order valence-corrected chi connectivity index (χ4v) is 5.71.